The van der Waals surface area contributed by atoms with E-state index in [0.29, 0.717) is 6.54 Å². The van der Waals surface area contributed by atoms with Crippen LogP contribution in [-0.4, -0.2) is 66.2 Å². The number of likely N-dealkylation sites (tertiary alicyclic amines) is 1. The zero-order chi connectivity index (χ0) is 19.2. The first-order valence-electron chi connectivity index (χ1n) is 9.42. The highest BCUT2D eigenvalue weighted by Gasteiger charge is 2.27. The lowest BCUT2D eigenvalue weighted by molar-refractivity contribution is 0.190. The number of carbonyl (C=O) groups excluding carboxylic acids is 1. The maximum Gasteiger partial charge on any atom is 0.321 e. The molecule has 1 aromatic carbocycles. The summed E-state index contributed by atoms with van der Waals surface area (Å²) in [5.41, 5.74) is 0.744. The van der Waals surface area contributed by atoms with Gasteiger partial charge in [0.25, 0.3) is 0 Å². The molecular weight excluding hydrogens is 342 g/mol. The number of amides is 2. The Morgan fingerprint density at radius 2 is 2.26 bits per heavy atom. The van der Waals surface area contributed by atoms with E-state index in [2.05, 4.69) is 33.9 Å². The molecular formula is C20H29N5O2. The van der Waals surface area contributed by atoms with E-state index in [1.165, 1.54) is 0 Å². The van der Waals surface area contributed by atoms with E-state index in [1.807, 2.05) is 41.6 Å². The molecule has 1 atom stereocenters. The van der Waals surface area contributed by atoms with Crippen LogP contribution in [0.3, 0.4) is 0 Å². The zero-order valence-electron chi connectivity index (χ0n) is 16.4. The third-order valence-corrected chi connectivity index (χ3v) is 4.93. The summed E-state index contributed by atoms with van der Waals surface area (Å²) in [6.45, 7) is 3.34. The summed E-state index contributed by atoms with van der Waals surface area (Å²) in [6.07, 6.45) is 5.94. The Kier molecular flexibility index (Phi) is 6.34. The minimum atomic E-state index is -0.0700. The van der Waals surface area contributed by atoms with Gasteiger partial charge < -0.3 is 24.4 Å². The quantitative estimate of drug-likeness (QED) is 0.848. The second kappa shape index (κ2) is 8.90. The SMILES string of the molecule is COc1cccc(NC(=O)N2CCCC(c3nccn3CCN(C)C)C2)c1. The van der Waals surface area contributed by atoms with Gasteiger partial charge in [-0.05, 0) is 39.1 Å². The maximum absolute atomic E-state index is 12.7. The van der Waals surface area contributed by atoms with E-state index < -0.39 is 0 Å². The maximum atomic E-state index is 12.7. The van der Waals surface area contributed by atoms with E-state index >= 15 is 0 Å². The lowest BCUT2D eigenvalue weighted by Gasteiger charge is -2.32. The Balaban J connectivity index is 1.64. The minimum Gasteiger partial charge on any atom is -0.497 e. The molecule has 0 aliphatic carbocycles. The van der Waals surface area contributed by atoms with Gasteiger partial charge in [0.05, 0.1) is 7.11 Å². The molecule has 1 N–H and O–H groups in total. The normalized spacial score (nSPS) is 17.2. The van der Waals surface area contributed by atoms with Gasteiger partial charge in [-0.25, -0.2) is 9.78 Å². The van der Waals surface area contributed by atoms with Gasteiger partial charge in [-0.1, -0.05) is 6.07 Å². The predicted octanol–water partition coefficient (Wildman–Crippen LogP) is 2.86. The number of aromatic nitrogens is 2. The van der Waals surface area contributed by atoms with Crippen LogP contribution in [0, 0.1) is 0 Å². The van der Waals surface area contributed by atoms with Crippen LogP contribution in [-0.2, 0) is 6.54 Å². The van der Waals surface area contributed by atoms with Gasteiger partial charge in [0, 0.05) is 56.2 Å². The monoisotopic (exact) mass is 371 g/mol. The van der Waals surface area contributed by atoms with Gasteiger partial charge in [0.15, 0.2) is 0 Å². The number of likely N-dealkylation sites (N-methyl/N-ethyl adjacent to an activating group) is 1. The Hall–Kier alpha value is -2.54. The predicted molar refractivity (Wildman–Crippen MR) is 106 cm³/mol. The molecule has 2 aromatic rings. The first-order valence-corrected chi connectivity index (χ1v) is 9.42. The molecule has 2 amide bonds. The Labute approximate surface area is 160 Å². The fraction of sp³-hybridized carbons (Fsp3) is 0.500. The molecule has 3 rings (SSSR count). The molecule has 0 bridgehead atoms. The van der Waals surface area contributed by atoms with Gasteiger partial charge in [-0.3, -0.25) is 0 Å². The van der Waals surface area contributed by atoms with Crippen molar-refractivity contribution in [3.8, 4) is 5.75 Å². The van der Waals surface area contributed by atoms with Gasteiger partial charge in [0.1, 0.15) is 11.6 Å². The van der Waals surface area contributed by atoms with E-state index in [-0.39, 0.29) is 11.9 Å². The first-order chi connectivity index (χ1) is 13.1. The van der Waals surface area contributed by atoms with E-state index in [0.717, 1.165) is 49.7 Å². The number of benzene rings is 1. The van der Waals surface area contributed by atoms with Crippen LogP contribution in [0.25, 0.3) is 0 Å². The number of rotatable bonds is 6. The van der Waals surface area contributed by atoms with Gasteiger partial charge >= 0.3 is 6.03 Å². The summed E-state index contributed by atoms with van der Waals surface area (Å²) >= 11 is 0. The molecule has 1 saturated heterocycles. The molecule has 0 radical (unpaired) electrons. The minimum absolute atomic E-state index is 0.0700. The molecule has 1 aromatic heterocycles. The molecule has 7 heteroatoms. The van der Waals surface area contributed by atoms with Crippen LogP contribution in [0.5, 0.6) is 5.75 Å². The Morgan fingerprint density at radius 1 is 1.41 bits per heavy atom. The zero-order valence-corrected chi connectivity index (χ0v) is 16.4. The number of anilines is 1. The Bertz CT molecular complexity index is 758. The van der Waals surface area contributed by atoms with Crippen LogP contribution in [0.1, 0.15) is 24.6 Å². The number of carbonyl (C=O) groups is 1. The molecule has 1 fully saturated rings. The molecule has 146 valence electrons. The van der Waals surface area contributed by atoms with Crippen molar-refractivity contribution in [2.75, 3.05) is 46.2 Å². The molecule has 7 nitrogen and oxygen atoms in total. The van der Waals surface area contributed by atoms with Crippen molar-refractivity contribution in [2.45, 2.75) is 25.3 Å². The number of urea groups is 1. The molecule has 1 unspecified atom stereocenters. The lowest BCUT2D eigenvalue weighted by atomic mass is 9.97. The molecule has 1 aliphatic rings. The van der Waals surface area contributed by atoms with Crippen molar-refractivity contribution >= 4 is 11.7 Å². The number of hydrogen-bond acceptors (Lipinski definition) is 4. The van der Waals surface area contributed by atoms with Crippen molar-refractivity contribution in [1.82, 2.24) is 19.4 Å². The molecule has 0 saturated carbocycles. The number of nitrogens with zero attached hydrogens (tertiary/aromatic N) is 4. The second-order valence-electron chi connectivity index (χ2n) is 7.23. The van der Waals surface area contributed by atoms with Crippen LogP contribution < -0.4 is 10.1 Å². The lowest BCUT2D eigenvalue weighted by Crippen LogP contribution is -2.42. The van der Waals surface area contributed by atoms with Gasteiger partial charge in [0.2, 0.25) is 0 Å². The Morgan fingerprint density at radius 3 is 3.04 bits per heavy atom. The average molecular weight is 371 g/mol. The highest BCUT2D eigenvalue weighted by atomic mass is 16.5. The fourth-order valence-electron chi connectivity index (χ4n) is 3.45. The summed E-state index contributed by atoms with van der Waals surface area (Å²) in [5.74, 6) is 2.08. The number of imidazole rings is 1. The molecule has 2 heterocycles. The van der Waals surface area contributed by atoms with Crippen LogP contribution in [0.15, 0.2) is 36.7 Å². The number of hydrogen-bond donors (Lipinski definition) is 1. The molecule has 0 spiro atoms. The number of methoxy groups -OCH3 is 1. The summed E-state index contributed by atoms with van der Waals surface area (Å²) in [7, 11) is 5.76. The van der Waals surface area contributed by atoms with E-state index in [9.17, 15) is 4.79 Å². The number of nitrogens with one attached hydrogen (secondary N) is 1. The first kappa shape index (κ1) is 19.2. The summed E-state index contributed by atoms with van der Waals surface area (Å²) in [5, 5.41) is 2.98. The highest BCUT2D eigenvalue weighted by molar-refractivity contribution is 5.89. The van der Waals surface area contributed by atoms with Crippen molar-refractivity contribution in [1.29, 1.82) is 0 Å². The van der Waals surface area contributed by atoms with Crippen molar-refractivity contribution < 1.29 is 9.53 Å². The summed E-state index contributed by atoms with van der Waals surface area (Å²) in [6, 6.07) is 7.36. The van der Waals surface area contributed by atoms with Crippen molar-refractivity contribution in [3.63, 3.8) is 0 Å². The number of piperidine rings is 1. The molecule has 27 heavy (non-hydrogen) atoms. The van der Waals surface area contributed by atoms with Crippen molar-refractivity contribution in [2.24, 2.45) is 0 Å². The third kappa shape index (κ3) is 5.01. The standard InChI is InChI=1S/C20H29N5O2/c1-23(2)12-13-24-11-9-21-19(24)16-6-5-10-25(15-16)20(26)22-17-7-4-8-18(14-17)27-3/h4,7-9,11,14,16H,5-6,10,12-13,15H2,1-3H3,(H,22,26). The third-order valence-electron chi connectivity index (χ3n) is 4.93. The smallest absolute Gasteiger partial charge is 0.321 e. The van der Waals surface area contributed by atoms with Crippen molar-refractivity contribution in [3.05, 3.63) is 42.5 Å². The van der Waals surface area contributed by atoms with Crippen LogP contribution >= 0.6 is 0 Å². The highest BCUT2D eigenvalue weighted by Crippen LogP contribution is 2.26. The average Bonchev–Trinajstić information content (AvgIpc) is 3.15. The summed E-state index contributed by atoms with van der Waals surface area (Å²) in [4.78, 5) is 21.4. The molecule has 1 aliphatic heterocycles. The largest absolute Gasteiger partial charge is 0.497 e. The summed E-state index contributed by atoms with van der Waals surface area (Å²) < 4.78 is 7.44. The second-order valence-corrected chi connectivity index (χ2v) is 7.23. The van der Waals surface area contributed by atoms with Gasteiger partial charge in [-0.2, -0.15) is 0 Å². The van der Waals surface area contributed by atoms with E-state index in [1.54, 1.807) is 7.11 Å². The number of ether oxygens (including phenoxy) is 1. The topological polar surface area (TPSA) is 62.6 Å². The van der Waals surface area contributed by atoms with Gasteiger partial charge in [-0.15, -0.1) is 0 Å². The van der Waals surface area contributed by atoms with Crippen LogP contribution in [0.4, 0.5) is 10.5 Å². The van der Waals surface area contributed by atoms with E-state index in [4.69, 9.17) is 4.74 Å². The fourth-order valence-corrected chi connectivity index (χ4v) is 3.45. The van der Waals surface area contributed by atoms with Crippen LogP contribution in [0.2, 0.25) is 0 Å².